The molecule has 0 bridgehead atoms. The molecular weight excluding hydrogens is 736 g/mol. The molecule has 0 saturated carbocycles. The summed E-state index contributed by atoms with van der Waals surface area (Å²) in [5.41, 5.74) is 9.18. The fraction of sp³-hybridized carbons (Fsp3) is 0.392. The van der Waals surface area contributed by atoms with Gasteiger partial charge in [-0.3, -0.25) is 9.59 Å². The van der Waals surface area contributed by atoms with Crippen molar-refractivity contribution in [2.75, 3.05) is 31.1 Å². The Hall–Kier alpha value is -4.94. The van der Waals surface area contributed by atoms with Gasteiger partial charge in [-0.1, -0.05) is 119 Å². The Bertz CT molecular complexity index is 2390. The molecule has 302 valence electrons. The normalized spacial score (nSPS) is 18.4. The maximum Gasteiger partial charge on any atom is 0.220 e. The molecule has 0 fully saturated rings. The third kappa shape index (κ3) is 8.05. The molecule has 7 rings (SSSR count). The fourth-order valence-corrected chi connectivity index (χ4v) is 9.70. The minimum Gasteiger partial charge on any atom is -0.354 e. The summed E-state index contributed by atoms with van der Waals surface area (Å²) >= 11 is 7.28. The van der Waals surface area contributed by atoms with Crippen molar-refractivity contribution >= 4 is 62.0 Å². The zero-order chi connectivity index (χ0) is 41.0. The van der Waals surface area contributed by atoms with E-state index in [2.05, 4.69) is 159 Å². The lowest BCUT2D eigenvalue weighted by Gasteiger charge is -2.27. The van der Waals surface area contributed by atoms with Crippen LogP contribution in [0.3, 0.4) is 0 Å². The Kier molecular flexibility index (Phi) is 12.4. The number of anilines is 1. The number of halogens is 1. The lowest BCUT2D eigenvalue weighted by molar-refractivity contribution is -0.435. The Balaban J connectivity index is 1.20. The molecular formula is C51H60ClN4O2+. The van der Waals surface area contributed by atoms with E-state index in [0.29, 0.717) is 39.0 Å². The molecule has 7 heteroatoms. The summed E-state index contributed by atoms with van der Waals surface area (Å²) in [5.74, 6) is 0.229. The Morgan fingerprint density at radius 1 is 0.741 bits per heavy atom. The van der Waals surface area contributed by atoms with Gasteiger partial charge in [0.25, 0.3) is 0 Å². The van der Waals surface area contributed by atoms with Gasteiger partial charge in [-0.25, -0.2) is 0 Å². The largest absolute Gasteiger partial charge is 0.354 e. The molecule has 4 aromatic carbocycles. The number of fused-ring (bicyclic) bond motifs is 6. The van der Waals surface area contributed by atoms with Crippen LogP contribution in [0.5, 0.6) is 0 Å². The first kappa shape index (κ1) is 41.2. The Morgan fingerprint density at radius 2 is 1.36 bits per heavy atom. The van der Waals surface area contributed by atoms with Crippen LogP contribution in [0.1, 0.15) is 104 Å². The minimum atomic E-state index is -0.264. The lowest BCUT2D eigenvalue weighted by Crippen LogP contribution is -2.35. The van der Waals surface area contributed by atoms with E-state index in [1.807, 2.05) is 0 Å². The third-order valence-corrected chi connectivity index (χ3v) is 12.9. The van der Waals surface area contributed by atoms with Crippen molar-refractivity contribution in [2.45, 2.75) is 104 Å². The average Bonchev–Trinajstić information content (AvgIpc) is 3.76. The molecule has 0 spiro atoms. The van der Waals surface area contributed by atoms with Gasteiger partial charge >= 0.3 is 0 Å². The van der Waals surface area contributed by atoms with Crippen molar-refractivity contribution in [3.8, 4) is 0 Å². The van der Waals surface area contributed by atoms with Crippen LogP contribution < -0.4 is 15.5 Å². The number of carbonyl (C=O) groups excluding carboxylic acids is 2. The Labute approximate surface area is 350 Å². The van der Waals surface area contributed by atoms with Crippen LogP contribution in [-0.2, 0) is 20.4 Å². The number of rotatable bonds is 15. The highest BCUT2D eigenvalue weighted by atomic mass is 35.5. The fourth-order valence-electron chi connectivity index (χ4n) is 9.39. The zero-order valence-electron chi connectivity index (χ0n) is 35.3. The van der Waals surface area contributed by atoms with Crippen molar-refractivity contribution in [2.24, 2.45) is 0 Å². The highest BCUT2D eigenvalue weighted by Crippen LogP contribution is 2.51. The first-order chi connectivity index (χ1) is 28.0. The van der Waals surface area contributed by atoms with Gasteiger partial charge in [-0.15, -0.1) is 0 Å². The van der Waals surface area contributed by atoms with Gasteiger partial charge in [-0.05, 0) is 96.0 Å². The SMILES string of the molecule is CCCCC(=O)NCCN1C(=C/C=C2/CCC(C=CC3=[N+](CCNC(=O)CCCC)c4ccc5ccccc5c4C3(C)C)=C2Cl)C(C)(C)c2c1ccc1ccccc21. The number of nitrogens with one attached hydrogen (secondary N) is 2. The van der Waals surface area contributed by atoms with E-state index in [1.165, 1.54) is 55.5 Å². The van der Waals surface area contributed by atoms with Crippen LogP contribution in [0, 0.1) is 0 Å². The second-order valence-electron chi connectivity index (χ2n) is 17.1. The number of benzene rings is 4. The molecule has 4 aromatic rings. The predicted octanol–water partition coefficient (Wildman–Crippen LogP) is 11.4. The van der Waals surface area contributed by atoms with E-state index in [1.54, 1.807) is 0 Å². The number of carbonyl (C=O) groups is 2. The van der Waals surface area contributed by atoms with Crippen molar-refractivity contribution in [1.29, 1.82) is 0 Å². The summed E-state index contributed by atoms with van der Waals surface area (Å²) in [6.07, 6.45) is 15.7. The minimum absolute atomic E-state index is 0.115. The van der Waals surface area contributed by atoms with E-state index in [4.69, 9.17) is 11.6 Å². The number of hydrogen-bond donors (Lipinski definition) is 2. The monoisotopic (exact) mass is 795 g/mol. The first-order valence-corrected chi connectivity index (χ1v) is 21.8. The van der Waals surface area contributed by atoms with Crippen LogP contribution in [0.25, 0.3) is 21.5 Å². The van der Waals surface area contributed by atoms with Gasteiger partial charge in [0.05, 0.1) is 12.0 Å². The summed E-state index contributed by atoms with van der Waals surface area (Å²) in [6.45, 7) is 16.0. The maximum absolute atomic E-state index is 12.6. The molecule has 2 N–H and O–H groups in total. The highest BCUT2D eigenvalue weighted by Gasteiger charge is 2.46. The smallest absolute Gasteiger partial charge is 0.220 e. The van der Waals surface area contributed by atoms with Crippen LogP contribution in [-0.4, -0.2) is 48.3 Å². The molecule has 58 heavy (non-hydrogen) atoms. The molecule has 0 aromatic heterocycles. The van der Waals surface area contributed by atoms with E-state index >= 15 is 0 Å². The van der Waals surface area contributed by atoms with Crippen molar-refractivity contribution in [3.63, 3.8) is 0 Å². The number of unbranched alkanes of at least 4 members (excludes halogenated alkanes) is 2. The molecule has 0 unspecified atom stereocenters. The standard InChI is InChI=1S/C51H59ClN4O2/c1-7-9-19-45(57)53-31-33-55-41-27-23-35-15-11-13-17-39(35)47(41)50(3,4)43(55)29-25-37-21-22-38(49(37)52)26-30-44-51(5,6)48-40-18-14-12-16-36(40)24-28-42(48)56(44)34-32-54-46(58)20-10-8-2/h11-18,23-30H,7-10,19-22,31-34H2,1-6H3,(H-,53,54,57,58)/p+1. The van der Waals surface area contributed by atoms with Gasteiger partial charge in [0.15, 0.2) is 12.3 Å². The van der Waals surface area contributed by atoms with Gasteiger partial charge in [0.2, 0.25) is 17.5 Å². The van der Waals surface area contributed by atoms with E-state index in [-0.39, 0.29) is 22.6 Å². The summed E-state index contributed by atoms with van der Waals surface area (Å²) in [4.78, 5) is 27.5. The molecule has 2 amide bonds. The maximum atomic E-state index is 12.6. The quantitative estimate of drug-likeness (QED) is 0.118. The van der Waals surface area contributed by atoms with Crippen molar-refractivity contribution in [1.82, 2.24) is 10.6 Å². The summed E-state index contributed by atoms with van der Waals surface area (Å²) in [6, 6.07) is 26.2. The van der Waals surface area contributed by atoms with E-state index < -0.39 is 0 Å². The summed E-state index contributed by atoms with van der Waals surface area (Å²) in [7, 11) is 0. The van der Waals surface area contributed by atoms with Crippen LogP contribution in [0.2, 0.25) is 0 Å². The van der Waals surface area contributed by atoms with Crippen molar-refractivity contribution < 1.29 is 14.2 Å². The van der Waals surface area contributed by atoms with Crippen LogP contribution >= 0.6 is 11.6 Å². The van der Waals surface area contributed by atoms with Crippen molar-refractivity contribution in [3.05, 3.63) is 130 Å². The molecule has 0 atom stereocenters. The first-order valence-electron chi connectivity index (χ1n) is 21.5. The molecule has 0 radical (unpaired) electrons. The number of amides is 2. The topological polar surface area (TPSA) is 64.5 Å². The van der Waals surface area contributed by atoms with Gasteiger partial charge < -0.3 is 15.5 Å². The van der Waals surface area contributed by atoms with Gasteiger partial charge in [0, 0.05) is 65.5 Å². The zero-order valence-corrected chi connectivity index (χ0v) is 36.1. The summed E-state index contributed by atoms with van der Waals surface area (Å²) < 4.78 is 2.40. The second kappa shape index (κ2) is 17.5. The summed E-state index contributed by atoms with van der Waals surface area (Å²) in [5, 5.41) is 12.1. The van der Waals surface area contributed by atoms with Crippen LogP contribution in [0.4, 0.5) is 11.4 Å². The second-order valence-corrected chi connectivity index (χ2v) is 17.5. The lowest BCUT2D eigenvalue weighted by atomic mass is 9.79. The number of allylic oxidation sites excluding steroid dienone is 8. The van der Waals surface area contributed by atoms with E-state index in [0.717, 1.165) is 54.7 Å². The number of hydrogen-bond acceptors (Lipinski definition) is 3. The van der Waals surface area contributed by atoms with Gasteiger partial charge in [-0.2, -0.15) is 4.58 Å². The van der Waals surface area contributed by atoms with E-state index in [9.17, 15) is 9.59 Å². The highest BCUT2D eigenvalue weighted by molar-refractivity contribution is 6.33. The molecule has 6 nitrogen and oxygen atoms in total. The third-order valence-electron chi connectivity index (χ3n) is 12.5. The molecule has 1 aliphatic carbocycles. The Morgan fingerprint density at radius 3 is 2.03 bits per heavy atom. The van der Waals surface area contributed by atoms with Gasteiger partial charge in [0.1, 0.15) is 0 Å². The number of nitrogens with zero attached hydrogens (tertiary/aromatic N) is 2. The molecule has 2 heterocycles. The van der Waals surface area contributed by atoms with Crippen LogP contribution in [0.15, 0.2) is 119 Å². The molecule has 0 saturated heterocycles. The predicted molar refractivity (Wildman–Crippen MR) is 244 cm³/mol. The molecule has 3 aliphatic rings. The molecule has 2 aliphatic heterocycles. The average molecular weight is 797 g/mol.